The highest BCUT2D eigenvalue weighted by Crippen LogP contribution is 2.05. The molecule has 5 heteroatoms. The van der Waals surface area contributed by atoms with Gasteiger partial charge < -0.3 is 4.90 Å². The van der Waals surface area contributed by atoms with Crippen molar-refractivity contribution < 1.29 is 9.00 Å². The van der Waals surface area contributed by atoms with Crippen molar-refractivity contribution in [3.05, 3.63) is 0 Å². The Morgan fingerprint density at radius 1 is 1.67 bits per heavy atom. The molecule has 1 aliphatic rings. The minimum Gasteiger partial charge on any atom is -0.321 e. The fourth-order valence-corrected chi connectivity index (χ4v) is 2.14. The molecule has 4 nitrogen and oxygen atoms in total. The number of urea groups is 1. The van der Waals surface area contributed by atoms with Crippen LogP contribution >= 0.6 is 0 Å². The van der Waals surface area contributed by atoms with E-state index in [9.17, 15) is 9.00 Å². The maximum Gasteiger partial charge on any atom is 0.329 e. The molecular weight excluding hydrogens is 176 g/mol. The molecule has 1 saturated heterocycles. The van der Waals surface area contributed by atoms with Gasteiger partial charge in [0, 0.05) is 12.6 Å². The van der Waals surface area contributed by atoms with Gasteiger partial charge in [0.05, 0.1) is 15.5 Å². The molecule has 1 unspecified atom stereocenters. The van der Waals surface area contributed by atoms with Gasteiger partial charge in [-0.3, -0.25) is 4.72 Å². The predicted octanol–water partition coefficient (Wildman–Crippen LogP) is 0.0514. The fourth-order valence-electron chi connectivity index (χ4n) is 1.11. The second-order valence-corrected chi connectivity index (χ2v) is 5.45. The van der Waals surface area contributed by atoms with E-state index in [-0.39, 0.29) is 12.1 Å². The summed E-state index contributed by atoms with van der Waals surface area (Å²) in [5, 5.41) is 0. The van der Waals surface area contributed by atoms with Crippen LogP contribution in [0.4, 0.5) is 4.79 Å². The summed E-state index contributed by atoms with van der Waals surface area (Å²) in [5.74, 6) is 3.88. The minimum absolute atomic E-state index is 0.153. The Bertz CT molecular complexity index is 282. The van der Waals surface area contributed by atoms with Crippen LogP contribution in [0.5, 0.6) is 0 Å². The van der Waals surface area contributed by atoms with Gasteiger partial charge in [0.25, 0.3) is 0 Å². The lowest BCUT2D eigenvalue weighted by Gasteiger charge is -2.32. The van der Waals surface area contributed by atoms with Crippen LogP contribution in [0.2, 0.25) is 0 Å². The lowest BCUT2D eigenvalue weighted by molar-refractivity contribution is 0.190. The zero-order valence-electron chi connectivity index (χ0n) is 7.37. The number of hydrogen-bond donors (Lipinski definition) is 1. The first-order chi connectivity index (χ1) is 5.42. The number of hydrogen-bond acceptors (Lipinski definition) is 2. The van der Waals surface area contributed by atoms with Crippen molar-refractivity contribution in [2.75, 3.05) is 12.3 Å². The molecule has 1 heterocycles. The van der Waals surface area contributed by atoms with Gasteiger partial charge in [-0.2, -0.15) is 0 Å². The maximum absolute atomic E-state index is 11.3. The molecular formula is C7H14N2O2S. The molecule has 1 aliphatic heterocycles. The molecule has 70 valence electrons. The van der Waals surface area contributed by atoms with Crippen LogP contribution in [0, 0.1) is 0 Å². The van der Waals surface area contributed by atoms with Gasteiger partial charge in [-0.05, 0) is 19.7 Å². The molecule has 1 rings (SSSR count). The van der Waals surface area contributed by atoms with Gasteiger partial charge in [-0.15, -0.1) is 0 Å². The normalized spacial score (nSPS) is 30.6. The smallest absolute Gasteiger partial charge is 0.321 e. The first-order valence-electron chi connectivity index (χ1n) is 3.85. The van der Waals surface area contributed by atoms with E-state index in [2.05, 4.69) is 10.6 Å². The highest BCUT2D eigenvalue weighted by atomic mass is 32.2. The number of carbonyl (C=O) groups is 1. The van der Waals surface area contributed by atoms with Crippen LogP contribution in [0.1, 0.15) is 13.8 Å². The predicted molar refractivity (Wildman–Crippen MR) is 50.5 cm³/mol. The average Bonchev–Trinajstić information content (AvgIpc) is 1.83. The summed E-state index contributed by atoms with van der Waals surface area (Å²) in [6.45, 7) is 4.39. The van der Waals surface area contributed by atoms with Gasteiger partial charge in [0.2, 0.25) is 0 Å². The zero-order valence-corrected chi connectivity index (χ0v) is 8.19. The molecule has 0 spiro atoms. The second kappa shape index (κ2) is 2.97. The number of rotatable bonds is 1. The van der Waals surface area contributed by atoms with Crippen molar-refractivity contribution in [3.63, 3.8) is 0 Å². The Hall–Kier alpha value is -0.710. The third kappa shape index (κ3) is 1.91. The first-order valence-corrected chi connectivity index (χ1v) is 5.75. The maximum atomic E-state index is 11.3. The van der Waals surface area contributed by atoms with E-state index in [0.29, 0.717) is 12.3 Å². The molecule has 0 radical (unpaired) electrons. The van der Waals surface area contributed by atoms with Crippen LogP contribution < -0.4 is 4.72 Å². The number of amides is 2. The molecule has 1 N–H and O–H groups in total. The highest BCUT2D eigenvalue weighted by Gasteiger charge is 2.25. The first kappa shape index (κ1) is 9.38. The molecule has 0 aromatic carbocycles. The molecule has 0 aromatic rings. The topological polar surface area (TPSA) is 49.4 Å². The minimum atomic E-state index is -2.34. The van der Waals surface area contributed by atoms with E-state index >= 15 is 0 Å². The Labute approximate surface area is 73.1 Å². The lowest BCUT2D eigenvalue weighted by atomic mass is 10.3. The molecule has 0 saturated carbocycles. The zero-order chi connectivity index (χ0) is 9.35. The fraction of sp³-hybridized carbons (Fsp3) is 0.714. The lowest BCUT2D eigenvalue weighted by Crippen LogP contribution is -2.53. The van der Waals surface area contributed by atoms with Crippen molar-refractivity contribution in [1.82, 2.24) is 9.62 Å². The van der Waals surface area contributed by atoms with Gasteiger partial charge in [0.1, 0.15) is 0 Å². The van der Waals surface area contributed by atoms with Crippen LogP contribution in [-0.2, 0) is 9.71 Å². The molecule has 2 amide bonds. The average molecular weight is 190 g/mol. The van der Waals surface area contributed by atoms with Crippen LogP contribution in [0.15, 0.2) is 0 Å². The van der Waals surface area contributed by atoms with Gasteiger partial charge in [-0.1, -0.05) is 0 Å². The third-order valence-electron chi connectivity index (χ3n) is 1.82. The summed E-state index contributed by atoms with van der Waals surface area (Å²) in [6, 6.07) is -0.114. The van der Waals surface area contributed by atoms with E-state index in [4.69, 9.17) is 0 Å². The number of nitrogens with one attached hydrogen (secondary N) is 1. The summed E-state index contributed by atoms with van der Waals surface area (Å²) in [4.78, 5) is 12.9. The van der Waals surface area contributed by atoms with E-state index in [1.165, 1.54) is 0 Å². The van der Waals surface area contributed by atoms with Crippen molar-refractivity contribution in [3.8, 4) is 0 Å². The van der Waals surface area contributed by atoms with Crippen LogP contribution in [-0.4, -0.2) is 39.3 Å². The van der Waals surface area contributed by atoms with Gasteiger partial charge in [0.15, 0.2) is 0 Å². The summed E-state index contributed by atoms with van der Waals surface area (Å²) >= 11 is 0. The summed E-state index contributed by atoms with van der Waals surface area (Å²) in [7, 11) is -2.34. The Kier molecular flexibility index (Phi) is 2.32. The molecule has 0 aliphatic carbocycles. The van der Waals surface area contributed by atoms with Crippen molar-refractivity contribution in [2.45, 2.75) is 19.9 Å². The largest absolute Gasteiger partial charge is 0.329 e. The Morgan fingerprint density at radius 2 is 2.25 bits per heavy atom. The van der Waals surface area contributed by atoms with E-state index in [0.717, 1.165) is 0 Å². The van der Waals surface area contributed by atoms with Gasteiger partial charge >= 0.3 is 6.03 Å². The Balaban J connectivity index is 2.73. The standard InChI is InChI=1S/C7H14N2O2S/c1-6(2)9-4-5-12(3,11)8-7(9)10/h6H,3-5H2,1-2H3,(H,8,10,11). The Morgan fingerprint density at radius 3 is 2.67 bits per heavy atom. The van der Waals surface area contributed by atoms with Crippen LogP contribution in [0.3, 0.4) is 0 Å². The third-order valence-corrected chi connectivity index (χ3v) is 3.21. The number of nitrogens with zero attached hydrogens (tertiary/aromatic N) is 1. The molecule has 0 aromatic heterocycles. The van der Waals surface area contributed by atoms with Crippen LogP contribution in [0.25, 0.3) is 0 Å². The van der Waals surface area contributed by atoms with E-state index < -0.39 is 9.71 Å². The highest BCUT2D eigenvalue weighted by molar-refractivity contribution is 7.99. The monoisotopic (exact) mass is 190 g/mol. The van der Waals surface area contributed by atoms with Crippen molar-refractivity contribution >= 4 is 21.6 Å². The SMILES string of the molecule is C=S1(=O)CCN(C(C)C)C(=O)N1. The number of carbonyl (C=O) groups excluding carboxylic acids is 1. The summed E-state index contributed by atoms with van der Waals surface area (Å²) in [5.41, 5.74) is 0. The van der Waals surface area contributed by atoms with E-state index in [1.54, 1.807) is 4.90 Å². The summed E-state index contributed by atoms with van der Waals surface area (Å²) in [6.07, 6.45) is 0. The van der Waals surface area contributed by atoms with Gasteiger partial charge in [-0.25, -0.2) is 9.00 Å². The quantitative estimate of drug-likeness (QED) is 0.594. The molecule has 1 atom stereocenters. The molecule has 0 bridgehead atoms. The molecule has 12 heavy (non-hydrogen) atoms. The van der Waals surface area contributed by atoms with E-state index in [1.807, 2.05) is 13.8 Å². The molecule has 1 fully saturated rings. The second-order valence-electron chi connectivity index (χ2n) is 3.21. The van der Waals surface area contributed by atoms with Crippen molar-refractivity contribution in [2.24, 2.45) is 0 Å². The summed E-state index contributed by atoms with van der Waals surface area (Å²) < 4.78 is 13.7. The van der Waals surface area contributed by atoms with Crippen molar-refractivity contribution in [1.29, 1.82) is 0 Å².